The summed E-state index contributed by atoms with van der Waals surface area (Å²) >= 11 is 0. The fourth-order valence-electron chi connectivity index (χ4n) is 2.21. The topological polar surface area (TPSA) is 35.5 Å². The van der Waals surface area contributed by atoms with Gasteiger partial charge in [-0.05, 0) is 52.2 Å². The maximum Gasteiger partial charge on any atom is 0.0610 e. The van der Waals surface area contributed by atoms with Crippen LogP contribution in [0, 0.1) is 5.92 Å². The second-order valence-corrected chi connectivity index (χ2v) is 5.27. The third-order valence-corrected chi connectivity index (χ3v) is 3.66. The lowest BCUT2D eigenvalue weighted by Gasteiger charge is -2.27. The van der Waals surface area contributed by atoms with Crippen molar-refractivity contribution in [3.63, 3.8) is 0 Å². The number of hydrogen-bond donors (Lipinski definition) is 2. The molecule has 2 unspecified atom stereocenters. The molecule has 3 heteroatoms. The van der Waals surface area contributed by atoms with E-state index in [1.807, 2.05) is 7.05 Å². The van der Waals surface area contributed by atoms with Crippen LogP contribution in [0.25, 0.3) is 0 Å². The van der Waals surface area contributed by atoms with Crippen molar-refractivity contribution < 1.29 is 5.11 Å². The van der Waals surface area contributed by atoms with Crippen LogP contribution in [0.5, 0.6) is 0 Å². The first-order valence-electron chi connectivity index (χ1n) is 6.12. The van der Waals surface area contributed by atoms with Gasteiger partial charge in [0.05, 0.1) is 6.61 Å². The molecule has 3 nitrogen and oxygen atoms in total. The van der Waals surface area contributed by atoms with Crippen LogP contribution < -0.4 is 5.32 Å². The standard InChI is InChI=1S/C12H26N2O/c1-11-5-8-14(9-11)7-4-6-12(2,10-15)13-3/h11,13,15H,4-10H2,1-3H3. The van der Waals surface area contributed by atoms with E-state index in [1.54, 1.807) is 0 Å². The molecule has 0 saturated carbocycles. The first kappa shape index (κ1) is 12.9. The van der Waals surface area contributed by atoms with E-state index in [1.165, 1.54) is 32.5 Å². The van der Waals surface area contributed by atoms with Gasteiger partial charge in [0.1, 0.15) is 0 Å². The van der Waals surface area contributed by atoms with E-state index in [0.717, 1.165) is 12.3 Å². The zero-order valence-electron chi connectivity index (χ0n) is 10.4. The third kappa shape index (κ3) is 4.09. The zero-order valence-corrected chi connectivity index (χ0v) is 10.4. The smallest absolute Gasteiger partial charge is 0.0610 e. The maximum absolute atomic E-state index is 9.24. The average molecular weight is 214 g/mol. The molecule has 1 fully saturated rings. The molecule has 1 rings (SSSR count). The van der Waals surface area contributed by atoms with E-state index in [0.29, 0.717) is 0 Å². The second kappa shape index (κ2) is 5.83. The quantitative estimate of drug-likeness (QED) is 0.694. The van der Waals surface area contributed by atoms with Crippen molar-refractivity contribution in [2.75, 3.05) is 33.3 Å². The summed E-state index contributed by atoms with van der Waals surface area (Å²) in [6, 6.07) is 0. The predicted molar refractivity (Wildman–Crippen MR) is 64.0 cm³/mol. The number of nitrogens with one attached hydrogen (secondary N) is 1. The molecule has 1 aliphatic rings. The molecule has 2 N–H and O–H groups in total. The number of likely N-dealkylation sites (tertiary alicyclic amines) is 1. The van der Waals surface area contributed by atoms with Crippen LogP contribution in [-0.2, 0) is 0 Å². The van der Waals surface area contributed by atoms with Gasteiger partial charge in [0.2, 0.25) is 0 Å². The third-order valence-electron chi connectivity index (χ3n) is 3.66. The van der Waals surface area contributed by atoms with Gasteiger partial charge in [0, 0.05) is 12.1 Å². The number of likely N-dealkylation sites (N-methyl/N-ethyl adjacent to an activating group) is 1. The van der Waals surface area contributed by atoms with Crippen molar-refractivity contribution in [1.82, 2.24) is 10.2 Å². The normalized spacial score (nSPS) is 26.8. The van der Waals surface area contributed by atoms with Crippen LogP contribution >= 0.6 is 0 Å². The molecule has 1 aliphatic heterocycles. The van der Waals surface area contributed by atoms with Gasteiger partial charge in [-0.1, -0.05) is 6.92 Å². The summed E-state index contributed by atoms with van der Waals surface area (Å²) in [5.74, 6) is 0.874. The van der Waals surface area contributed by atoms with Crippen LogP contribution in [0.4, 0.5) is 0 Å². The molecule has 0 aromatic heterocycles. The van der Waals surface area contributed by atoms with Crippen molar-refractivity contribution in [2.24, 2.45) is 5.92 Å². The van der Waals surface area contributed by atoms with E-state index in [4.69, 9.17) is 0 Å². The van der Waals surface area contributed by atoms with Gasteiger partial charge >= 0.3 is 0 Å². The van der Waals surface area contributed by atoms with Crippen molar-refractivity contribution in [2.45, 2.75) is 38.6 Å². The summed E-state index contributed by atoms with van der Waals surface area (Å²) in [6.45, 7) is 8.33. The Morgan fingerprint density at radius 2 is 2.27 bits per heavy atom. The van der Waals surface area contributed by atoms with Crippen LogP contribution in [0.1, 0.15) is 33.1 Å². The number of rotatable bonds is 6. The highest BCUT2D eigenvalue weighted by Gasteiger charge is 2.22. The highest BCUT2D eigenvalue weighted by molar-refractivity contribution is 4.81. The van der Waals surface area contributed by atoms with Gasteiger partial charge in [-0.25, -0.2) is 0 Å². The van der Waals surface area contributed by atoms with Crippen LogP contribution in [0.3, 0.4) is 0 Å². The summed E-state index contributed by atoms with van der Waals surface area (Å²) in [5, 5.41) is 12.4. The second-order valence-electron chi connectivity index (χ2n) is 5.27. The molecule has 0 aromatic carbocycles. The fraction of sp³-hybridized carbons (Fsp3) is 1.00. The number of hydrogen-bond acceptors (Lipinski definition) is 3. The molecule has 1 heterocycles. The minimum absolute atomic E-state index is 0.0919. The van der Waals surface area contributed by atoms with Gasteiger partial charge in [-0.2, -0.15) is 0 Å². The Balaban J connectivity index is 2.15. The monoisotopic (exact) mass is 214 g/mol. The Morgan fingerprint density at radius 3 is 2.73 bits per heavy atom. The Morgan fingerprint density at radius 1 is 1.53 bits per heavy atom. The zero-order chi connectivity index (χ0) is 11.3. The van der Waals surface area contributed by atoms with E-state index in [-0.39, 0.29) is 12.1 Å². The van der Waals surface area contributed by atoms with E-state index >= 15 is 0 Å². The first-order chi connectivity index (χ1) is 7.09. The highest BCUT2D eigenvalue weighted by atomic mass is 16.3. The van der Waals surface area contributed by atoms with Crippen LogP contribution in [0.15, 0.2) is 0 Å². The SMILES string of the molecule is CNC(C)(CO)CCCN1CCC(C)C1. The van der Waals surface area contributed by atoms with Crippen LogP contribution in [-0.4, -0.2) is 48.8 Å². The molecular weight excluding hydrogens is 188 g/mol. The van der Waals surface area contributed by atoms with E-state index in [9.17, 15) is 5.11 Å². The summed E-state index contributed by atoms with van der Waals surface area (Å²) in [6.07, 6.45) is 3.57. The molecule has 90 valence electrons. The Bertz CT molecular complexity index is 180. The minimum Gasteiger partial charge on any atom is -0.394 e. The molecule has 0 amide bonds. The lowest BCUT2D eigenvalue weighted by molar-refractivity contribution is 0.166. The molecule has 0 aliphatic carbocycles. The van der Waals surface area contributed by atoms with Crippen molar-refractivity contribution in [1.29, 1.82) is 0 Å². The molecule has 0 radical (unpaired) electrons. The lowest BCUT2D eigenvalue weighted by Crippen LogP contribution is -2.43. The van der Waals surface area contributed by atoms with Gasteiger partial charge in [-0.3, -0.25) is 0 Å². The molecule has 1 saturated heterocycles. The molecule has 0 bridgehead atoms. The average Bonchev–Trinajstić information content (AvgIpc) is 2.64. The predicted octanol–water partition coefficient (Wildman–Crippen LogP) is 1.08. The van der Waals surface area contributed by atoms with Crippen LogP contribution in [0.2, 0.25) is 0 Å². The molecule has 2 atom stereocenters. The Hall–Kier alpha value is -0.120. The Kier molecular flexibility index (Phi) is 5.03. The van der Waals surface area contributed by atoms with Crippen molar-refractivity contribution in [3.05, 3.63) is 0 Å². The minimum atomic E-state index is -0.0919. The van der Waals surface area contributed by atoms with Gasteiger partial charge in [0.25, 0.3) is 0 Å². The van der Waals surface area contributed by atoms with Crippen molar-refractivity contribution in [3.8, 4) is 0 Å². The van der Waals surface area contributed by atoms with Crippen molar-refractivity contribution >= 4 is 0 Å². The van der Waals surface area contributed by atoms with E-state index < -0.39 is 0 Å². The molecule has 15 heavy (non-hydrogen) atoms. The summed E-state index contributed by atoms with van der Waals surface area (Å²) in [7, 11) is 1.92. The summed E-state index contributed by atoms with van der Waals surface area (Å²) in [5.41, 5.74) is -0.0919. The number of aliphatic hydroxyl groups is 1. The summed E-state index contributed by atoms with van der Waals surface area (Å²) in [4.78, 5) is 2.54. The lowest BCUT2D eigenvalue weighted by atomic mass is 9.97. The first-order valence-corrected chi connectivity index (χ1v) is 6.12. The summed E-state index contributed by atoms with van der Waals surface area (Å²) < 4.78 is 0. The van der Waals surface area contributed by atoms with E-state index in [2.05, 4.69) is 24.1 Å². The van der Waals surface area contributed by atoms with Gasteiger partial charge in [0.15, 0.2) is 0 Å². The van der Waals surface area contributed by atoms with Gasteiger partial charge < -0.3 is 15.3 Å². The fourth-order valence-corrected chi connectivity index (χ4v) is 2.21. The maximum atomic E-state index is 9.24. The molecule has 0 spiro atoms. The molecular formula is C12H26N2O. The highest BCUT2D eigenvalue weighted by Crippen LogP contribution is 2.17. The van der Waals surface area contributed by atoms with Gasteiger partial charge in [-0.15, -0.1) is 0 Å². The molecule has 0 aromatic rings. The number of aliphatic hydroxyl groups excluding tert-OH is 1. The largest absolute Gasteiger partial charge is 0.394 e. The number of nitrogens with zero attached hydrogens (tertiary/aromatic N) is 1. The Labute approximate surface area is 93.9 Å².